The highest BCUT2D eigenvalue weighted by Gasteiger charge is 2.08. The molecular formula is C14H14BrFN2O2. The SMILES string of the molecule is COc1cc(C)nc(COc2cc(F)c(Br)cc2N)c1. The quantitative estimate of drug-likeness (QED) is 0.866. The molecule has 20 heavy (non-hydrogen) atoms. The number of nitrogen functional groups attached to an aromatic ring is 1. The number of aryl methyl sites for hydroxylation is 1. The van der Waals surface area contributed by atoms with Crippen LogP contribution in [0.4, 0.5) is 10.1 Å². The van der Waals surface area contributed by atoms with Crippen molar-refractivity contribution in [2.24, 2.45) is 0 Å². The van der Waals surface area contributed by atoms with Crippen LogP contribution in [0.1, 0.15) is 11.4 Å². The lowest BCUT2D eigenvalue weighted by Crippen LogP contribution is -2.03. The summed E-state index contributed by atoms with van der Waals surface area (Å²) in [5, 5.41) is 0. The lowest BCUT2D eigenvalue weighted by molar-refractivity contribution is 0.300. The maximum atomic E-state index is 13.4. The van der Waals surface area contributed by atoms with E-state index in [1.165, 1.54) is 12.1 Å². The molecule has 6 heteroatoms. The number of nitrogens with zero attached hydrogens (tertiary/aromatic N) is 1. The molecule has 0 aliphatic rings. The summed E-state index contributed by atoms with van der Waals surface area (Å²) in [5.74, 6) is 0.558. The third kappa shape index (κ3) is 3.39. The van der Waals surface area contributed by atoms with E-state index in [1.54, 1.807) is 13.2 Å². The summed E-state index contributed by atoms with van der Waals surface area (Å²) >= 11 is 3.07. The normalized spacial score (nSPS) is 10.4. The number of hydrogen-bond acceptors (Lipinski definition) is 4. The molecule has 2 N–H and O–H groups in total. The van der Waals surface area contributed by atoms with E-state index in [0.717, 1.165) is 5.69 Å². The van der Waals surface area contributed by atoms with Gasteiger partial charge in [0.15, 0.2) is 0 Å². The fourth-order valence-corrected chi connectivity index (χ4v) is 2.08. The van der Waals surface area contributed by atoms with Gasteiger partial charge in [-0.3, -0.25) is 4.98 Å². The Morgan fingerprint density at radius 1 is 1.30 bits per heavy atom. The van der Waals surface area contributed by atoms with Gasteiger partial charge < -0.3 is 15.2 Å². The lowest BCUT2D eigenvalue weighted by atomic mass is 10.3. The molecule has 0 spiro atoms. The van der Waals surface area contributed by atoms with Crippen molar-refractivity contribution in [3.05, 3.63) is 45.9 Å². The minimum atomic E-state index is -0.427. The van der Waals surface area contributed by atoms with Gasteiger partial charge in [-0.25, -0.2) is 4.39 Å². The molecule has 0 fully saturated rings. The van der Waals surface area contributed by atoms with Crippen LogP contribution in [0.15, 0.2) is 28.7 Å². The molecule has 0 aliphatic carbocycles. The van der Waals surface area contributed by atoms with Gasteiger partial charge in [-0.15, -0.1) is 0 Å². The van der Waals surface area contributed by atoms with E-state index in [2.05, 4.69) is 20.9 Å². The van der Waals surface area contributed by atoms with Crippen LogP contribution >= 0.6 is 15.9 Å². The molecule has 1 aromatic heterocycles. The molecule has 0 bridgehead atoms. The molecule has 0 amide bonds. The second kappa shape index (κ2) is 6.09. The second-order valence-corrected chi connectivity index (χ2v) is 5.09. The molecular weight excluding hydrogens is 327 g/mol. The predicted molar refractivity (Wildman–Crippen MR) is 78.4 cm³/mol. The lowest BCUT2D eigenvalue weighted by Gasteiger charge is -2.11. The third-order valence-corrected chi connectivity index (χ3v) is 3.25. The largest absolute Gasteiger partial charge is 0.497 e. The Hall–Kier alpha value is -1.82. The molecule has 0 atom stereocenters. The van der Waals surface area contributed by atoms with Gasteiger partial charge in [-0.05, 0) is 28.9 Å². The summed E-state index contributed by atoms with van der Waals surface area (Å²) in [7, 11) is 1.58. The van der Waals surface area contributed by atoms with E-state index in [-0.39, 0.29) is 12.4 Å². The summed E-state index contributed by atoms with van der Waals surface area (Å²) in [6.07, 6.45) is 0. The number of pyridine rings is 1. The number of rotatable bonds is 4. The van der Waals surface area contributed by atoms with Crippen LogP contribution in [-0.2, 0) is 6.61 Å². The number of ether oxygens (including phenoxy) is 2. The van der Waals surface area contributed by atoms with Gasteiger partial charge in [0.1, 0.15) is 23.9 Å². The Kier molecular flexibility index (Phi) is 4.44. The average Bonchev–Trinajstić information content (AvgIpc) is 2.40. The summed E-state index contributed by atoms with van der Waals surface area (Å²) < 4.78 is 24.4. The maximum Gasteiger partial charge on any atom is 0.145 e. The standard InChI is InChI=1S/C14H14BrFN2O2/c1-8-3-10(19-2)4-9(18-8)7-20-14-6-12(16)11(15)5-13(14)17/h3-6H,7,17H2,1-2H3. The Balaban J connectivity index is 2.16. The van der Waals surface area contributed by atoms with Crippen LogP contribution in [-0.4, -0.2) is 12.1 Å². The van der Waals surface area contributed by atoms with Gasteiger partial charge in [0.25, 0.3) is 0 Å². The van der Waals surface area contributed by atoms with Gasteiger partial charge in [0.2, 0.25) is 0 Å². The number of hydrogen-bond donors (Lipinski definition) is 1. The van der Waals surface area contributed by atoms with Crippen molar-refractivity contribution in [2.75, 3.05) is 12.8 Å². The van der Waals surface area contributed by atoms with Crippen LogP contribution in [0.2, 0.25) is 0 Å². The van der Waals surface area contributed by atoms with Crippen molar-refractivity contribution in [1.29, 1.82) is 0 Å². The summed E-state index contributed by atoms with van der Waals surface area (Å²) in [6, 6.07) is 6.29. The molecule has 1 aromatic carbocycles. The number of nitrogens with two attached hydrogens (primary N) is 1. The van der Waals surface area contributed by atoms with Crippen LogP contribution in [0.3, 0.4) is 0 Å². The number of anilines is 1. The Morgan fingerprint density at radius 2 is 2.05 bits per heavy atom. The monoisotopic (exact) mass is 340 g/mol. The highest BCUT2D eigenvalue weighted by atomic mass is 79.9. The van der Waals surface area contributed by atoms with Crippen molar-refractivity contribution in [1.82, 2.24) is 4.98 Å². The molecule has 0 aliphatic heterocycles. The van der Waals surface area contributed by atoms with Gasteiger partial charge >= 0.3 is 0 Å². The fourth-order valence-electron chi connectivity index (χ4n) is 1.72. The average molecular weight is 341 g/mol. The van der Waals surface area contributed by atoms with E-state index in [1.807, 2.05) is 13.0 Å². The first-order valence-corrected chi connectivity index (χ1v) is 6.67. The topological polar surface area (TPSA) is 57.4 Å². The van der Waals surface area contributed by atoms with Crippen LogP contribution in [0.25, 0.3) is 0 Å². The molecule has 0 saturated heterocycles. The molecule has 0 unspecified atom stereocenters. The first-order chi connectivity index (χ1) is 9.49. The van der Waals surface area contributed by atoms with Crippen molar-refractivity contribution in [3.63, 3.8) is 0 Å². The molecule has 4 nitrogen and oxygen atoms in total. The van der Waals surface area contributed by atoms with Crippen molar-refractivity contribution < 1.29 is 13.9 Å². The van der Waals surface area contributed by atoms with E-state index in [9.17, 15) is 4.39 Å². The Labute approximate surface area is 124 Å². The van der Waals surface area contributed by atoms with Gasteiger partial charge in [-0.1, -0.05) is 0 Å². The van der Waals surface area contributed by atoms with Crippen LogP contribution < -0.4 is 15.2 Å². The van der Waals surface area contributed by atoms with Gasteiger partial charge in [0.05, 0.1) is 23.0 Å². The minimum absolute atomic E-state index is 0.184. The first kappa shape index (κ1) is 14.6. The molecule has 1 heterocycles. The second-order valence-electron chi connectivity index (χ2n) is 4.23. The summed E-state index contributed by atoms with van der Waals surface area (Å²) in [4.78, 5) is 4.32. The van der Waals surface area contributed by atoms with E-state index in [0.29, 0.717) is 21.6 Å². The van der Waals surface area contributed by atoms with Crippen LogP contribution in [0, 0.1) is 12.7 Å². The first-order valence-electron chi connectivity index (χ1n) is 5.88. The molecule has 0 radical (unpaired) electrons. The van der Waals surface area contributed by atoms with Crippen LogP contribution in [0.5, 0.6) is 11.5 Å². The smallest absolute Gasteiger partial charge is 0.145 e. The Morgan fingerprint density at radius 3 is 2.75 bits per heavy atom. The third-order valence-electron chi connectivity index (χ3n) is 2.64. The molecule has 2 aromatic rings. The minimum Gasteiger partial charge on any atom is -0.497 e. The highest BCUT2D eigenvalue weighted by Crippen LogP contribution is 2.29. The van der Waals surface area contributed by atoms with Gasteiger partial charge in [0, 0.05) is 23.9 Å². The number of halogens is 2. The van der Waals surface area contributed by atoms with Gasteiger partial charge in [-0.2, -0.15) is 0 Å². The van der Waals surface area contributed by atoms with E-state index < -0.39 is 5.82 Å². The fraction of sp³-hybridized carbons (Fsp3) is 0.214. The van der Waals surface area contributed by atoms with Crippen molar-refractivity contribution in [2.45, 2.75) is 13.5 Å². The van der Waals surface area contributed by atoms with E-state index in [4.69, 9.17) is 15.2 Å². The zero-order valence-electron chi connectivity index (χ0n) is 11.1. The number of benzene rings is 1. The summed E-state index contributed by atoms with van der Waals surface area (Å²) in [6.45, 7) is 2.04. The highest BCUT2D eigenvalue weighted by molar-refractivity contribution is 9.10. The van der Waals surface area contributed by atoms with Crippen molar-refractivity contribution in [3.8, 4) is 11.5 Å². The molecule has 0 saturated carbocycles. The Bertz CT molecular complexity index is 635. The zero-order valence-corrected chi connectivity index (χ0v) is 12.7. The van der Waals surface area contributed by atoms with Crippen molar-refractivity contribution >= 4 is 21.6 Å². The van der Waals surface area contributed by atoms with E-state index >= 15 is 0 Å². The zero-order chi connectivity index (χ0) is 14.7. The molecule has 106 valence electrons. The number of methoxy groups -OCH3 is 1. The summed E-state index contributed by atoms with van der Waals surface area (Å²) in [5.41, 5.74) is 7.64. The number of aromatic nitrogens is 1. The maximum absolute atomic E-state index is 13.4. The molecule has 2 rings (SSSR count). The predicted octanol–water partition coefficient (Wildman–Crippen LogP) is 3.46.